The van der Waals surface area contributed by atoms with Crippen molar-refractivity contribution in [3.63, 3.8) is 0 Å². The lowest BCUT2D eigenvalue weighted by atomic mass is 10.1. The molecule has 2 aromatic carbocycles. The highest BCUT2D eigenvalue weighted by Gasteiger charge is 2.43. The number of carbonyl (C=O) groups is 1. The van der Waals surface area contributed by atoms with Gasteiger partial charge in [-0.1, -0.05) is 35.3 Å². The number of alkyl halides is 2. The Balaban J connectivity index is 1.62. The second-order valence-electron chi connectivity index (χ2n) is 5.51. The number of rotatable bonds is 5. The van der Waals surface area contributed by atoms with Gasteiger partial charge in [0.2, 0.25) is 5.91 Å². The summed E-state index contributed by atoms with van der Waals surface area (Å²) in [6.07, 6.45) is 0.758. The summed E-state index contributed by atoms with van der Waals surface area (Å²) in [7, 11) is 0. The summed E-state index contributed by atoms with van der Waals surface area (Å²) in [6.45, 7) is -2.95. The van der Waals surface area contributed by atoms with Crippen molar-refractivity contribution in [2.45, 2.75) is 19.0 Å². The molecule has 1 N–H and O–H groups in total. The summed E-state index contributed by atoms with van der Waals surface area (Å²) in [4.78, 5) is 12.3. The van der Waals surface area contributed by atoms with Crippen LogP contribution in [0.25, 0.3) is 0 Å². The molecule has 0 bridgehead atoms. The van der Waals surface area contributed by atoms with Gasteiger partial charge in [0, 0.05) is 16.6 Å². The molecular formula is C17H13Cl2F2NO2. The maximum Gasteiger partial charge on any atom is 0.387 e. The molecule has 0 heterocycles. The van der Waals surface area contributed by atoms with Gasteiger partial charge in [-0.15, -0.1) is 0 Å². The van der Waals surface area contributed by atoms with Gasteiger partial charge < -0.3 is 10.1 Å². The van der Waals surface area contributed by atoms with Crippen LogP contribution in [0.15, 0.2) is 42.5 Å². The van der Waals surface area contributed by atoms with Crippen molar-refractivity contribution in [1.29, 1.82) is 0 Å². The van der Waals surface area contributed by atoms with Gasteiger partial charge in [-0.2, -0.15) is 8.78 Å². The van der Waals surface area contributed by atoms with Crippen LogP contribution in [-0.2, 0) is 4.79 Å². The van der Waals surface area contributed by atoms with Crippen molar-refractivity contribution in [2.24, 2.45) is 5.92 Å². The van der Waals surface area contributed by atoms with E-state index in [0.29, 0.717) is 10.7 Å². The molecule has 2 unspecified atom stereocenters. The molecule has 7 heteroatoms. The second-order valence-corrected chi connectivity index (χ2v) is 6.36. The topological polar surface area (TPSA) is 38.3 Å². The molecule has 24 heavy (non-hydrogen) atoms. The van der Waals surface area contributed by atoms with Gasteiger partial charge in [-0.3, -0.25) is 4.79 Å². The van der Waals surface area contributed by atoms with E-state index in [1.807, 2.05) is 12.1 Å². The van der Waals surface area contributed by atoms with Crippen molar-refractivity contribution in [1.82, 2.24) is 0 Å². The Kier molecular flexibility index (Phi) is 4.92. The third-order valence-electron chi connectivity index (χ3n) is 3.84. The molecule has 126 valence electrons. The lowest BCUT2D eigenvalue weighted by Gasteiger charge is -2.09. The van der Waals surface area contributed by atoms with Gasteiger partial charge in [-0.25, -0.2) is 0 Å². The smallest absolute Gasteiger partial charge is 0.387 e. The Bertz CT molecular complexity index is 753. The summed E-state index contributed by atoms with van der Waals surface area (Å²) < 4.78 is 28.7. The minimum absolute atomic E-state index is 0.0122. The van der Waals surface area contributed by atoms with Crippen LogP contribution in [0, 0.1) is 5.92 Å². The SMILES string of the molecule is O=C(Nc1ccc(OC(F)F)c(Cl)c1)C1CC1c1ccc(Cl)cc1. The molecule has 3 nitrogen and oxygen atoms in total. The van der Waals surface area contributed by atoms with Crippen molar-refractivity contribution in [2.75, 3.05) is 5.32 Å². The molecule has 0 aliphatic heterocycles. The Morgan fingerprint density at radius 1 is 1.17 bits per heavy atom. The highest BCUT2D eigenvalue weighted by Crippen LogP contribution is 2.48. The van der Waals surface area contributed by atoms with Crippen LogP contribution in [0.4, 0.5) is 14.5 Å². The number of hydrogen-bond donors (Lipinski definition) is 1. The Morgan fingerprint density at radius 2 is 1.88 bits per heavy atom. The monoisotopic (exact) mass is 371 g/mol. The van der Waals surface area contributed by atoms with E-state index < -0.39 is 6.61 Å². The summed E-state index contributed by atoms with van der Waals surface area (Å²) >= 11 is 11.7. The first kappa shape index (κ1) is 17.0. The lowest BCUT2D eigenvalue weighted by Crippen LogP contribution is -2.14. The third-order valence-corrected chi connectivity index (χ3v) is 4.39. The molecular weight excluding hydrogens is 359 g/mol. The predicted octanol–water partition coefficient (Wildman–Crippen LogP) is 5.34. The Hall–Kier alpha value is -1.85. The number of ether oxygens (including phenoxy) is 1. The lowest BCUT2D eigenvalue weighted by molar-refractivity contribution is -0.117. The molecule has 0 saturated heterocycles. The number of hydrogen-bond acceptors (Lipinski definition) is 2. The molecule has 1 saturated carbocycles. The molecule has 1 fully saturated rings. The maximum atomic E-state index is 12.3. The van der Waals surface area contributed by atoms with Crippen LogP contribution in [0.1, 0.15) is 17.9 Å². The molecule has 2 aromatic rings. The van der Waals surface area contributed by atoms with Crippen molar-refractivity contribution < 1.29 is 18.3 Å². The predicted molar refractivity (Wildman–Crippen MR) is 89.0 cm³/mol. The molecule has 0 spiro atoms. The summed E-state index contributed by atoms with van der Waals surface area (Å²) in [5.74, 6) is -0.218. The van der Waals surface area contributed by atoms with E-state index in [2.05, 4.69) is 10.1 Å². The van der Waals surface area contributed by atoms with Gasteiger partial charge in [-0.05, 0) is 48.2 Å². The fraction of sp³-hybridized carbons (Fsp3) is 0.235. The van der Waals surface area contributed by atoms with E-state index in [-0.39, 0.29) is 28.5 Å². The molecule has 1 amide bonds. The van der Waals surface area contributed by atoms with E-state index in [4.69, 9.17) is 23.2 Å². The van der Waals surface area contributed by atoms with E-state index in [1.54, 1.807) is 12.1 Å². The number of anilines is 1. The number of nitrogens with one attached hydrogen (secondary N) is 1. The van der Waals surface area contributed by atoms with Gasteiger partial charge >= 0.3 is 6.61 Å². The first-order valence-electron chi connectivity index (χ1n) is 7.24. The van der Waals surface area contributed by atoms with Crippen LogP contribution in [0.3, 0.4) is 0 Å². The van der Waals surface area contributed by atoms with E-state index in [0.717, 1.165) is 12.0 Å². The molecule has 1 aliphatic carbocycles. The van der Waals surface area contributed by atoms with Gasteiger partial charge in [0.15, 0.2) is 0 Å². The molecule has 1 aliphatic rings. The molecule has 3 rings (SSSR count). The zero-order chi connectivity index (χ0) is 17.3. The minimum atomic E-state index is -2.95. The molecule has 0 radical (unpaired) electrons. The molecule has 2 atom stereocenters. The van der Waals surface area contributed by atoms with Gasteiger partial charge in [0.25, 0.3) is 0 Å². The highest BCUT2D eigenvalue weighted by molar-refractivity contribution is 6.32. The summed E-state index contributed by atoms with van der Waals surface area (Å²) in [5.41, 5.74) is 1.51. The normalized spacial score (nSPS) is 19.2. The van der Waals surface area contributed by atoms with Crippen LogP contribution in [0.2, 0.25) is 10.0 Å². The largest absolute Gasteiger partial charge is 0.433 e. The highest BCUT2D eigenvalue weighted by atomic mass is 35.5. The standard InChI is InChI=1S/C17H13Cl2F2NO2/c18-10-3-1-9(2-4-10)12-8-13(12)16(23)22-11-5-6-15(14(19)7-11)24-17(20)21/h1-7,12-13,17H,8H2,(H,22,23). The fourth-order valence-corrected chi connectivity index (χ4v) is 2.92. The summed E-state index contributed by atoms with van der Waals surface area (Å²) in [6, 6.07) is 11.6. The van der Waals surface area contributed by atoms with Crippen molar-refractivity contribution in [3.05, 3.63) is 58.1 Å². The number of amides is 1. The number of carbonyl (C=O) groups excluding carboxylic acids is 1. The first-order chi connectivity index (χ1) is 11.4. The van der Waals surface area contributed by atoms with Crippen LogP contribution >= 0.6 is 23.2 Å². The van der Waals surface area contributed by atoms with Gasteiger partial charge in [0.05, 0.1) is 5.02 Å². The van der Waals surface area contributed by atoms with E-state index in [9.17, 15) is 13.6 Å². The van der Waals surface area contributed by atoms with Crippen molar-refractivity contribution >= 4 is 34.8 Å². The number of halogens is 4. The zero-order valence-electron chi connectivity index (χ0n) is 12.3. The van der Waals surface area contributed by atoms with Crippen LogP contribution < -0.4 is 10.1 Å². The summed E-state index contributed by atoms with van der Waals surface area (Å²) in [5, 5.41) is 3.41. The average molecular weight is 372 g/mol. The molecule has 0 aromatic heterocycles. The third kappa shape index (κ3) is 3.97. The van der Waals surface area contributed by atoms with Crippen LogP contribution in [-0.4, -0.2) is 12.5 Å². The number of benzene rings is 2. The average Bonchev–Trinajstić information content (AvgIpc) is 3.31. The zero-order valence-corrected chi connectivity index (χ0v) is 13.8. The fourth-order valence-electron chi connectivity index (χ4n) is 2.57. The Labute approximate surface area is 147 Å². The van der Waals surface area contributed by atoms with E-state index in [1.165, 1.54) is 18.2 Å². The van der Waals surface area contributed by atoms with Gasteiger partial charge in [0.1, 0.15) is 5.75 Å². The maximum absolute atomic E-state index is 12.3. The van der Waals surface area contributed by atoms with Crippen molar-refractivity contribution in [3.8, 4) is 5.75 Å². The second kappa shape index (κ2) is 6.95. The quantitative estimate of drug-likeness (QED) is 0.770. The van der Waals surface area contributed by atoms with E-state index >= 15 is 0 Å². The van der Waals surface area contributed by atoms with Crippen LogP contribution in [0.5, 0.6) is 5.75 Å². The Morgan fingerprint density at radius 3 is 2.50 bits per heavy atom. The first-order valence-corrected chi connectivity index (χ1v) is 8.00. The minimum Gasteiger partial charge on any atom is -0.433 e.